The van der Waals surface area contributed by atoms with Gasteiger partial charge >= 0.3 is 6.09 Å². The number of benzene rings is 2. The van der Waals surface area contributed by atoms with Crippen molar-refractivity contribution in [2.75, 3.05) is 18.0 Å². The van der Waals surface area contributed by atoms with Crippen LogP contribution in [0.4, 0.5) is 10.5 Å². The number of amides is 2. The standard InChI is InChI=1S/C29H33N3O4/c1-20(33)32-24(9-8-21-6-5-7-22(16-21)19-30)17-23-18-26(10-11-27(23)32)35-25-12-14-31(15-13-25)28(34)36-29(2,3)4/h5-11,16,18,24-25H,12-15,17H2,1-4H3/b9-8+. The minimum Gasteiger partial charge on any atom is -0.490 e. The molecule has 2 aromatic rings. The van der Waals surface area contributed by atoms with Crippen molar-refractivity contribution in [3.05, 3.63) is 65.2 Å². The largest absolute Gasteiger partial charge is 0.490 e. The average molecular weight is 488 g/mol. The Morgan fingerprint density at radius 3 is 2.53 bits per heavy atom. The van der Waals surface area contributed by atoms with Crippen LogP contribution in [0, 0.1) is 11.3 Å². The van der Waals surface area contributed by atoms with Crippen molar-refractivity contribution in [3.8, 4) is 11.8 Å². The second kappa shape index (κ2) is 10.4. The molecule has 7 nitrogen and oxygen atoms in total. The molecular weight excluding hydrogens is 454 g/mol. The van der Waals surface area contributed by atoms with Crippen molar-refractivity contribution in [1.82, 2.24) is 4.90 Å². The topological polar surface area (TPSA) is 82.9 Å². The van der Waals surface area contributed by atoms with Crippen LogP contribution >= 0.6 is 0 Å². The van der Waals surface area contributed by atoms with Crippen LogP contribution < -0.4 is 9.64 Å². The number of ether oxygens (including phenoxy) is 2. The number of hydrogen-bond donors (Lipinski definition) is 0. The third kappa shape index (κ3) is 6.06. The SMILES string of the molecule is CC(=O)N1c2ccc(OC3CCN(C(=O)OC(C)(C)C)CC3)cc2CC1/C=C/c1cccc(C#N)c1. The molecule has 188 valence electrons. The van der Waals surface area contributed by atoms with E-state index in [9.17, 15) is 9.59 Å². The van der Waals surface area contributed by atoms with E-state index >= 15 is 0 Å². The molecule has 36 heavy (non-hydrogen) atoms. The van der Waals surface area contributed by atoms with Crippen LogP contribution in [0.2, 0.25) is 0 Å². The summed E-state index contributed by atoms with van der Waals surface area (Å²) in [6.07, 6.45) is 5.90. The zero-order valence-electron chi connectivity index (χ0n) is 21.4. The highest BCUT2D eigenvalue weighted by Gasteiger charge is 2.32. The fraction of sp³-hybridized carbons (Fsp3) is 0.414. The summed E-state index contributed by atoms with van der Waals surface area (Å²) in [5.41, 5.74) is 2.99. The maximum atomic E-state index is 12.5. The smallest absolute Gasteiger partial charge is 0.410 e. The highest BCUT2D eigenvalue weighted by Crippen LogP contribution is 2.36. The quantitative estimate of drug-likeness (QED) is 0.582. The van der Waals surface area contributed by atoms with E-state index in [4.69, 9.17) is 14.7 Å². The Morgan fingerprint density at radius 2 is 1.86 bits per heavy atom. The zero-order chi connectivity index (χ0) is 25.9. The predicted octanol–water partition coefficient (Wildman–Crippen LogP) is 5.33. The molecule has 0 aromatic heterocycles. The van der Waals surface area contributed by atoms with Crippen LogP contribution in [0.5, 0.6) is 5.75 Å². The molecule has 4 rings (SSSR count). The van der Waals surface area contributed by atoms with E-state index in [1.165, 1.54) is 0 Å². The molecule has 2 heterocycles. The monoisotopic (exact) mass is 487 g/mol. The summed E-state index contributed by atoms with van der Waals surface area (Å²) >= 11 is 0. The number of anilines is 1. The zero-order valence-corrected chi connectivity index (χ0v) is 21.4. The summed E-state index contributed by atoms with van der Waals surface area (Å²) in [5, 5.41) is 9.13. The summed E-state index contributed by atoms with van der Waals surface area (Å²) < 4.78 is 11.7. The Morgan fingerprint density at radius 1 is 1.11 bits per heavy atom. The molecule has 0 saturated carbocycles. The second-order valence-electron chi connectivity index (χ2n) is 10.3. The lowest BCUT2D eigenvalue weighted by atomic mass is 10.1. The number of carbonyl (C=O) groups is 2. The van der Waals surface area contributed by atoms with Crippen LogP contribution in [-0.2, 0) is 16.0 Å². The summed E-state index contributed by atoms with van der Waals surface area (Å²) in [4.78, 5) is 28.3. The molecule has 2 amide bonds. The second-order valence-corrected chi connectivity index (χ2v) is 10.3. The lowest BCUT2D eigenvalue weighted by molar-refractivity contribution is -0.116. The van der Waals surface area contributed by atoms with Gasteiger partial charge in [0.25, 0.3) is 0 Å². The van der Waals surface area contributed by atoms with Gasteiger partial charge in [0.1, 0.15) is 17.5 Å². The Bertz CT molecular complexity index is 1200. The molecular formula is C29H33N3O4. The number of carbonyl (C=O) groups excluding carboxylic acids is 2. The minimum absolute atomic E-state index is 0.0163. The Hall–Kier alpha value is -3.79. The third-order valence-corrected chi connectivity index (χ3v) is 6.33. The molecule has 2 aromatic carbocycles. The van der Waals surface area contributed by atoms with Crippen molar-refractivity contribution in [2.45, 2.75) is 64.7 Å². The number of nitriles is 1. The summed E-state index contributed by atoms with van der Waals surface area (Å²) in [6.45, 7) is 8.39. The van der Waals surface area contributed by atoms with E-state index in [-0.39, 0.29) is 24.1 Å². The molecule has 0 spiro atoms. The van der Waals surface area contributed by atoms with Crippen LogP contribution in [0.15, 0.2) is 48.5 Å². The predicted molar refractivity (Wildman–Crippen MR) is 139 cm³/mol. The van der Waals surface area contributed by atoms with Gasteiger partial charge in [0, 0.05) is 38.5 Å². The van der Waals surface area contributed by atoms with E-state index in [1.54, 1.807) is 17.9 Å². The molecule has 1 unspecified atom stereocenters. The van der Waals surface area contributed by atoms with Crippen molar-refractivity contribution in [1.29, 1.82) is 5.26 Å². The first-order valence-corrected chi connectivity index (χ1v) is 12.4. The van der Waals surface area contributed by atoms with Crippen LogP contribution in [-0.4, -0.2) is 47.7 Å². The Kier molecular flexibility index (Phi) is 7.35. The van der Waals surface area contributed by atoms with Gasteiger partial charge in [-0.25, -0.2) is 4.79 Å². The van der Waals surface area contributed by atoms with Crippen molar-refractivity contribution in [2.24, 2.45) is 0 Å². The van der Waals surface area contributed by atoms with E-state index < -0.39 is 5.60 Å². The van der Waals surface area contributed by atoms with E-state index in [1.807, 2.05) is 74.2 Å². The van der Waals surface area contributed by atoms with Gasteiger partial charge in [-0.3, -0.25) is 4.79 Å². The fourth-order valence-corrected chi connectivity index (χ4v) is 4.70. The number of hydrogen-bond acceptors (Lipinski definition) is 5. The molecule has 0 aliphatic carbocycles. The lowest BCUT2D eigenvalue weighted by Crippen LogP contribution is -2.44. The van der Waals surface area contributed by atoms with Gasteiger partial charge in [0.05, 0.1) is 17.7 Å². The summed E-state index contributed by atoms with van der Waals surface area (Å²) in [7, 11) is 0. The van der Waals surface area contributed by atoms with Crippen molar-refractivity contribution >= 4 is 23.8 Å². The third-order valence-electron chi connectivity index (χ3n) is 6.33. The fourth-order valence-electron chi connectivity index (χ4n) is 4.70. The number of rotatable bonds is 4. The van der Waals surface area contributed by atoms with Crippen molar-refractivity contribution < 1.29 is 19.1 Å². The average Bonchev–Trinajstić information content (AvgIpc) is 3.20. The van der Waals surface area contributed by atoms with Gasteiger partial charge in [-0.1, -0.05) is 24.3 Å². The minimum atomic E-state index is -0.504. The molecule has 7 heteroatoms. The van der Waals surface area contributed by atoms with Gasteiger partial charge < -0.3 is 19.3 Å². The maximum Gasteiger partial charge on any atom is 0.410 e. The number of nitrogens with zero attached hydrogens (tertiary/aromatic N) is 3. The molecule has 1 fully saturated rings. The highest BCUT2D eigenvalue weighted by atomic mass is 16.6. The van der Waals surface area contributed by atoms with Crippen LogP contribution in [0.3, 0.4) is 0 Å². The van der Waals surface area contributed by atoms with Gasteiger partial charge in [-0.05, 0) is 68.7 Å². The van der Waals surface area contributed by atoms with Crippen molar-refractivity contribution in [3.63, 3.8) is 0 Å². The summed E-state index contributed by atoms with van der Waals surface area (Å²) in [5.74, 6) is 0.761. The molecule has 0 radical (unpaired) electrons. The first kappa shape index (κ1) is 25.3. The van der Waals surface area contributed by atoms with E-state index in [2.05, 4.69) is 6.07 Å². The Labute approximate surface area is 212 Å². The van der Waals surface area contributed by atoms with E-state index in [0.717, 1.165) is 35.4 Å². The maximum absolute atomic E-state index is 12.5. The first-order valence-electron chi connectivity index (χ1n) is 12.4. The lowest BCUT2D eigenvalue weighted by Gasteiger charge is -2.33. The number of piperidine rings is 1. The summed E-state index contributed by atoms with van der Waals surface area (Å²) in [6, 6.07) is 15.3. The molecule has 2 aliphatic heterocycles. The number of likely N-dealkylation sites (tertiary alicyclic amines) is 1. The number of fused-ring (bicyclic) bond motifs is 1. The molecule has 1 atom stereocenters. The Balaban J connectivity index is 1.40. The van der Waals surface area contributed by atoms with Crippen LogP contribution in [0.25, 0.3) is 6.08 Å². The van der Waals surface area contributed by atoms with Gasteiger partial charge in [0.15, 0.2) is 0 Å². The van der Waals surface area contributed by atoms with Gasteiger partial charge in [0.2, 0.25) is 5.91 Å². The molecule has 2 aliphatic rings. The normalized spacial score (nSPS) is 18.1. The molecule has 1 saturated heterocycles. The van der Waals surface area contributed by atoms with Gasteiger partial charge in [-0.15, -0.1) is 0 Å². The highest BCUT2D eigenvalue weighted by molar-refractivity contribution is 5.95. The molecule has 0 bridgehead atoms. The van der Waals surface area contributed by atoms with Gasteiger partial charge in [-0.2, -0.15) is 5.26 Å². The first-order chi connectivity index (χ1) is 17.1. The van der Waals surface area contributed by atoms with E-state index in [0.29, 0.717) is 25.1 Å². The van der Waals surface area contributed by atoms with Crippen LogP contribution in [0.1, 0.15) is 57.2 Å². The molecule has 0 N–H and O–H groups in total.